The number of aliphatic hydroxyl groups excluding tert-OH is 1. The molecule has 0 amide bonds. The second-order valence-electron chi connectivity index (χ2n) is 4.04. The molecule has 0 aliphatic carbocycles. The van der Waals surface area contributed by atoms with Gasteiger partial charge in [0.2, 0.25) is 0 Å². The van der Waals surface area contributed by atoms with Crippen LogP contribution in [0.3, 0.4) is 0 Å². The van der Waals surface area contributed by atoms with Crippen molar-refractivity contribution in [3.05, 3.63) is 29.3 Å². The van der Waals surface area contributed by atoms with E-state index < -0.39 is 17.7 Å². The Labute approximate surface area is 100 Å². The molecule has 0 saturated heterocycles. The second-order valence-corrected chi connectivity index (χ2v) is 4.04. The van der Waals surface area contributed by atoms with Gasteiger partial charge in [-0.05, 0) is 19.4 Å². The van der Waals surface area contributed by atoms with Gasteiger partial charge in [0.25, 0.3) is 0 Å². The number of rotatable bonds is 6. The standard InChI is InChI=1S/C13H18F2O2/c1-3-4-5-6-17-13-11(9(2)16)7-10(14)8-12(13)15/h7-9,16H,3-6H2,1-2H3/t9-/m0/s1. The highest BCUT2D eigenvalue weighted by molar-refractivity contribution is 5.37. The van der Waals surface area contributed by atoms with E-state index in [-0.39, 0.29) is 11.3 Å². The summed E-state index contributed by atoms with van der Waals surface area (Å²) in [6.07, 6.45) is 1.89. The fourth-order valence-corrected chi connectivity index (χ4v) is 1.57. The van der Waals surface area contributed by atoms with Crippen LogP contribution in [-0.2, 0) is 0 Å². The fourth-order valence-electron chi connectivity index (χ4n) is 1.57. The molecule has 1 aromatic carbocycles. The van der Waals surface area contributed by atoms with Crippen molar-refractivity contribution in [2.24, 2.45) is 0 Å². The van der Waals surface area contributed by atoms with Crippen molar-refractivity contribution < 1.29 is 18.6 Å². The normalized spacial score (nSPS) is 12.5. The van der Waals surface area contributed by atoms with Crippen LogP contribution >= 0.6 is 0 Å². The molecule has 0 spiro atoms. The summed E-state index contributed by atoms with van der Waals surface area (Å²) < 4.78 is 31.8. The first-order chi connectivity index (χ1) is 8.06. The van der Waals surface area contributed by atoms with Crippen LogP contribution in [-0.4, -0.2) is 11.7 Å². The first kappa shape index (κ1) is 13.9. The van der Waals surface area contributed by atoms with Crippen LogP contribution in [0.4, 0.5) is 8.78 Å². The predicted octanol–water partition coefficient (Wildman–Crippen LogP) is 3.59. The summed E-state index contributed by atoms with van der Waals surface area (Å²) in [6, 6.07) is 1.87. The van der Waals surface area contributed by atoms with Crippen molar-refractivity contribution in [1.82, 2.24) is 0 Å². The Morgan fingerprint density at radius 1 is 1.29 bits per heavy atom. The van der Waals surface area contributed by atoms with Gasteiger partial charge in [0.1, 0.15) is 5.82 Å². The first-order valence-corrected chi connectivity index (χ1v) is 5.86. The SMILES string of the molecule is CCCCCOc1c(F)cc(F)cc1[C@H](C)O. The minimum atomic E-state index is -0.957. The summed E-state index contributed by atoms with van der Waals surface area (Å²) in [7, 11) is 0. The Morgan fingerprint density at radius 3 is 2.59 bits per heavy atom. The maximum atomic E-state index is 13.5. The number of ether oxygens (including phenoxy) is 1. The molecular weight excluding hydrogens is 226 g/mol. The van der Waals surface area contributed by atoms with Gasteiger partial charge >= 0.3 is 0 Å². The molecule has 0 aromatic heterocycles. The van der Waals surface area contributed by atoms with E-state index in [0.717, 1.165) is 31.4 Å². The Balaban J connectivity index is 2.81. The summed E-state index contributed by atoms with van der Waals surface area (Å²) in [5, 5.41) is 9.44. The van der Waals surface area contributed by atoms with Crippen LogP contribution in [0.1, 0.15) is 44.8 Å². The van der Waals surface area contributed by atoms with E-state index >= 15 is 0 Å². The Hall–Kier alpha value is -1.16. The van der Waals surface area contributed by atoms with Crippen molar-refractivity contribution in [2.75, 3.05) is 6.61 Å². The zero-order valence-corrected chi connectivity index (χ0v) is 10.2. The summed E-state index contributed by atoms with van der Waals surface area (Å²) in [4.78, 5) is 0. The minimum Gasteiger partial charge on any atom is -0.490 e. The van der Waals surface area contributed by atoms with Gasteiger partial charge in [0.15, 0.2) is 11.6 Å². The van der Waals surface area contributed by atoms with Crippen LogP contribution in [0.15, 0.2) is 12.1 Å². The lowest BCUT2D eigenvalue weighted by Gasteiger charge is -2.14. The second kappa shape index (κ2) is 6.55. The molecule has 0 aliphatic heterocycles. The third-order valence-corrected chi connectivity index (χ3v) is 2.48. The monoisotopic (exact) mass is 244 g/mol. The Bertz CT molecular complexity index is 365. The molecule has 0 saturated carbocycles. The smallest absolute Gasteiger partial charge is 0.168 e. The highest BCUT2D eigenvalue weighted by Crippen LogP contribution is 2.29. The van der Waals surface area contributed by atoms with E-state index in [1.807, 2.05) is 0 Å². The summed E-state index contributed by atoms with van der Waals surface area (Å²) in [5.74, 6) is -1.52. The molecule has 0 heterocycles. The van der Waals surface area contributed by atoms with Gasteiger partial charge in [-0.2, -0.15) is 0 Å². The molecule has 1 aromatic rings. The molecule has 96 valence electrons. The molecule has 17 heavy (non-hydrogen) atoms. The molecule has 0 unspecified atom stereocenters. The van der Waals surface area contributed by atoms with E-state index in [1.54, 1.807) is 0 Å². The van der Waals surface area contributed by atoms with E-state index in [9.17, 15) is 13.9 Å². The lowest BCUT2D eigenvalue weighted by atomic mass is 10.1. The predicted molar refractivity (Wildman–Crippen MR) is 62.0 cm³/mol. The van der Waals surface area contributed by atoms with E-state index in [4.69, 9.17) is 4.74 Å². The van der Waals surface area contributed by atoms with Gasteiger partial charge in [-0.15, -0.1) is 0 Å². The highest BCUT2D eigenvalue weighted by Gasteiger charge is 2.16. The lowest BCUT2D eigenvalue weighted by Crippen LogP contribution is -2.05. The zero-order chi connectivity index (χ0) is 12.8. The molecule has 0 bridgehead atoms. The average Bonchev–Trinajstić information content (AvgIpc) is 2.25. The lowest BCUT2D eigenvalue weighted by molar-refractivity contribution is 0.187. The molecule has 0 aliphatic rings. The van der Waals surface area contributed by atoms with Crippen LogP contribution in [0, 0.1) is 11.6 Å². The number of hydrogen-bond donors (Lipinski definition) is 1. The topological polar surface area (TPSA) is 29.5 Å². The number of halogens is 2. The van der Waals surface area contributed by atoms with E-state index in [2.05, 4.69) is 6.92 Å². The molecule has 4 heteroatoms. The van der Waals surface area contributed by atoms with Crippen molar-refractivity contribution in [1.29, 1.82) is 0 Å². The number of hydrogen-bond acceptors (Lipinski definition) is 2. The van der Waals surface area contributed by atoms with Crippen molar-refractivity contribution >= 4 is 0 Å². The minimum absolute atomic E-state index is 0.0440. The number of aliphatic hydroxyl groups is 1. The third kappa shape index (κ3) is 3.97. The quantitative estimate of drug-likeness (QED) is 0.775. The largest absolute Gasteiger partial charge is 0.490 e. The number of unbranched alkanes of at least 4 members (excludes halogenated alkanes) is 2. The fraction of sp³-hybridized carbons (Fsp3) is 0.538. The average molecular weight is 244 g/mol. The Morgan fingerprint density at radius 2 is 2.00 bits per heavy atom. The molecule has 1 atom stereocenters. The third-order valence-electron chi connectivity index (χ3n) is 2.48. The van der Waals surface area contributed by atoms with Gasteiger partial charge in [-0.25, -0.2) is 8.78 Å². The van der Waals surface area contributed by atoms with Crippen LogP contribution in [0.2, 0.25) is 0 Å². The van der Waals surface area contributed by atoms with Crippen molar-refractivity contribution in [3.63, 3.8) is 0 Å². The molecule has 0 fully saturated rings. The molecular formula is C13H18F2O2. The van der Waals surface area contributed by atoms with Gasteiger partial charge in [0, 0.05) is 11.6 Å². The first-order valence-electron chi connectivity index (χ1n) is 5.86. The maximum Gasteiger partial charge on any atom is 0.168 e. The van der Waals surface area contributed by atoms with Gasteiger partial charge < -0.3 is 9.84 Å². The van der Waals surface area contributed by atoms with Crippen LogP contribution in [0.5, 0.6) is 5.75 Å². The van der Waals surface area contributed by atoms with Crippen LogP contribution < -0.4 is 4.74 Å². The van der Waals surface area contributed by atoms with Gasteiger partial charge in [0.05, 0.1) is 12.7 Å². The number of benzene rings is 1. The molecule has 1 N–H and O–H groups in total. The highest BCUT2D eigenvalue weighted by atomic mass is 19.1. The van der Waals surface area contributed by atoms with Gasteiger partial charge in [-0.1, -0.05) is 19.8 Å². The maximum absolute atomic E-state index is 13.5. The Kier molecular flexibility index (Phi) is 5.35. The summed E-state index contributed by atoms with van der Waals surface area (Å²) in [5.41, 5.74) is 0.152. The van der Waals surface area contributed by atoms with Gasteiger partial charge in [-0.3, -0.25) is 0 Å². The molecule has 1 rings (SSSR count). The van der Waals surface area contributed by atoms with E-state index in [0.29, 0.717) is 6.61 Å². The summed E-state index contributed by atoms with van der Waals surface area (Å²) >= 11 is 0. The van der Waals surface area contributed by atoms with Crippen molar-refractivity contribution in [2.45, 2.75) is 39.2 Å². The molecule has 0 radical (unpaired) electrons. The molecule has 2 nitrogen and oxygen atoms in total. The zero-order valence-electron chi connectivity index (χ0n) is 10.2. The van der Waals surface area contributed by atoms with Crippen molar-refractivity contribution in [3.8, 4) is 5.75 Å². The van der Waals surface area contributed by atoms with E-state index in [1.165, 1.54) is 6.92 Å². The van der Waals surface area contributed by atoms with Crippen LogP contribution in [0.25, 0.3) is 0 Å². The summed E-state index contributed by atoms with van der Waals surface area (Å²) in [6.45, 7) is 3.88.